The molecule has 0 bridgehead atoms. The third-order valence-corrected chi connectivity index (χ3v) is 5.67. The average molecular weight is 346 g/mol. The van der Waals surface area contributed by atoms with Crippen molar-refractivity contribution in [2.24, 2.45) is 5.92 Å². The topological polar surface area (TPSA) is 71.9 Å². The summed E-state index contributed by atoms with van der Waals surface area (Å²) in [6.45, 7) is 4.23. The van der Waals surface area contributed by atoms with Crippen molar-refractivity contribution >= 4 is 17.3 Å². The Hall–Kier alpha value is -2.12. The molecule has 0 saturated carbocycles. The number of hydrogen-bond donors (Lipinski definition) is 1. The SMILES string of the molecule is Cc1ncsc1CN1C[C@H](C(=O)O)[C@@H](c2ccc3c(c2)OCO3)C1. The number of aryl methyl sites for hydroxylation is 1. The van der Waals surface area contributed by atoms with E-state index in [1.54, 1.807) is 11.3 Å². The molecule has 0 aliphatic carbocycles. The Balaban J connectivity index is 1.57. The van der Waals surface area contributed by atoms with E-state index < -0.39 is 11.9 Å². The summed E-state index contributed by atoms with van der Waals surface area (Å²) in [6, 6.07) is 5.74. The smallest absolute Gasteiger partial charge is 0.308 e. The van der Waals surface area contributed by atoms with Crippen LogP contribution in [0, 0.1) is 12.8 Å². The van der Waals surface area contributed by atoms with Crippen molar-refractivity contribution in [2.45, 2.75) is 19.4 Å². The summed E-state index contributed by atoms with van der Waals surface area (Å²) in [7, 11) is 0. The van der Waals surface area contributed by atoms with Crippen LogP contribution in [0.25, 0.3) is 0 Å². The van der Waals surface area contributed by atoms with Crippen LogP contribution in [0.1, 0.15) is 22.1 Å². The van der Waals surface area contributed by atoms with Gasteiger partial charge in [-0.25, -0.2) is 4.98 Å². The minimum absolute atomic E-state index is 0.0507. The lowest BCUT2D eigenvalue weighted by atomic mass is 9.89. The molecule has 6 nitrogen and oxygen atoms in total. The number of rotatable bonds is 4. The summed E-state index contributed by atoms with van der Waals surface area (Å²) in [5.41, 5.74) is 3.86. The summed E-state index contributed by atoms with van der Waals surface area (Å²) in [4.78, 5) is 19.4. The minimum Gasteiger partial charge on any atom is -0.481 e. The second kappa shape index (κ2) is 6.07. The molecule has 0 spiro atoms. The predicted octanol–water partition coefficient (Wildman–Crippen LogP) is 2.48. The quantitative estimate of drug-likeness (QED) is 0.917. The molecule has 0 amide bonds. The summed E-state index contributed by atoms with van der Waals surface area (Å²) in [6.07, 6.45) is 0. The molecule has 0 radical (unpaired) electrons. The molecule has 1 aromatic carbocycles. The normalized spacial score (nSPS) is 22.9. The molecule has 2 aliphatic heterocycles. The van der Waals surface area contributed by atoms with E-state index in [4.69, 9.17) is 9.47 Å². The van der Waals surface area contributed by atoms with Gasteiger partial charge in [-0.2, -0.15) is 0 Å². The Morgan fingerprint density at radius 1 is 1.38 bits per heavy atom. The van der Waals surface area contributed by atoms with Crippen LogP contribution in [-0.4, -0.2) is 40.8 Å². The molecule has 1 N–H and O–H groups in total. The van der Waals surface area contributed by atoms with E-state index in [1.165, 1.54) is 4.88 Å². The molecular formula is C17H18N2O4S. The number of carboxylic acids is 1. The van der Waals surface area contributed by atoms with Gasteiger partial charge in [0.2, 0.25) is 6.79 Å². The van der Waals surface area contributed by atoms with Crippen LogP contribution in [0.4, 0.5) is 0 Å². The number of ether oxygens (including phenoxy) is 2. The monoisotopic (exact) mass is 346 g/mol. The number of carboxylic acid groups (broad SMARTS) is 1. The Morgan fingerprint density at radius 3 is 2.96 bits per heavy atom. The number of thiazole rings is 1. The largest absolute Gasteiger partial charge is 0.481 e. The second-order valence-corrected chi connectivity index (χ2v) is 7.16. The molecule has 3 heterocycles. The highest BCUT2D eigenvalue weighted by Gasteiger charge is 2.39. The molecule has 2 aliphatic rings. The maximum Gasteiger partial charge on any atom is 0.308 e. The average Bonchev–Trinajstić information content (AvgIpc) is 3.27. The van der Waals surface area contributed by atoms with Crippen LogP contribution in [0.5, 0.6) is 11.5 Å². The summed E-state index contributed by atoms with van der Waals surface area (Å²) < 4.78 is 10.8. The van der Waals surface area contributed by atoms with Crippen LogP contribution >= 0.6 is 11.3 Å². The predicted molar refractivity (Wildman–Crippen MR) is 88.6 cm³/mol. The highest BCUT2D eigenvalue weighted by molar-refractivity contribution is 7.09. The van der Waals surface area contributed by atoms with Crippen LogP contribution < -0.4 is 9.47 Å². The van der Waals surface area contributed by atoms with Gasteiger partial charge in [0, 0.05) is 30.4 Å². The number of benzene rings is 1. The first kappa shape index (κ1) is 15.4. The fourth-order valence-corrected chi connectivity index (χ4v) is 4.25. The first-order valence-electron chi connectivity index (χ1n) is 7.85. The maximum absolute atomic E-state index is 11.7. The lowest BCUT2D eigenvalue weighted by molar-refractivity contribution is -0.141. The standard InChI is InChI=1S/C17H18N2O4S/c1-10-16(24-8-18-10)7-19-5-12(13(6-19)17(20)21)11-2-3-14-15(4-11)23-9-22-14/h2-4,8,12-13H,5-7,9H2,1H3,(H,20,21)/t12-,13+/m1/s1. The molecule has 1 aromatic heterocycles. The third kappa shape index (κ3) is 2.74. The zero-order chi connectivity index (χ0) is 16.7. The van der Waals surface area contributed by atoms with E-state index >= 15 is 0 Å². The molecule has 126 valence electrons. The number of carbonyl (C=O) groups is 1. The molecule has 2 atom stereocenters. The van der Waals surface area contributed by atoms with Crippen molar-refractivity contribution in [3.63, 3.8) is 0 Å². The van der Waals surface area contributed by atoms with Crippen LogP contribution in [0.2, 0.25) is 0 Å². The molecule has 1 fully saturated rings. The van der Waals surface area contributed by atoms with Crippen molar-refractivity contribution < 1.29 is 19.4 Å². The summed E-state index contributed by atoms with van der Waals surface area (Å²) >= 11 is 1.62. The summed E-state index contributed by atoms with van der Waals surface area (Å²) in [5, 5.41) is 9.64. The Labute approximate surface area is 143 Å². The van der Waals surface area contributed by atoms with Gasteiger partial charge in [-0.1, -0.05) is 6.07 Å². The van der Waals surface area contributed by atoms with E-state index in [9.17, 15) is 9.90 Å². The van der Waals surface area contributed by atoms with E-state index in [0.29, 0.717) is 18.8 Å². The number of aromatic nitrogens is 1. The number of aliphatic carboxylic acids is 1. The minimum atomic E-state index is -0.749. The first-order chi connectivity index (χ1) is 11.6. The number of fused-ring (bicyclic) bond motifs is 1. The Bertz CT molecular complexity index is 776. The van der Waals surface area contributed by atoms with E-state index in [0.717, 1.165) is 23.6 Å². The zero-order valence-electron chi connectivity index (χ0n) is 13.3. The number of likely N-dealkylation sites (tertiary alicyclic amines) is 1. The molecule has 0 unspecified atom stereocenters. The van der Waals surface area contributed by atoms with Crippen LogP contribution in [0.3, 0.4) is 0 Å². The van der Waals surface area contributed by atoms with Gasteiger partial charge in [-0.3, -0.25) is 9.69 Å². The van der Waals surface area contributed by atoms with Gasteiger partial charge >= 0.3 is 5.97 Å². The van der Waals surface area contributed by atoms with Crippen LogP contribution in [0.15, 0.2) is 23.7 Å². The zero-order valence-corrected chi connectivity index (χ0v) is 14.1. The third-order valence-electron chi connectivity index (χ3n) is 4.75. The van der Waals surface area contributed by atoms with Gasteiger partial charge in [0.15, 0.2) is 11.5 Å². The first-order valence-corrected chi connectivity index (χ1v) is 8.73. The van der Waals surface area contributed by atoms with Gasteiger partial charge in [0.1, 0.15) is 0 Å². The molecule has 7 heteroatoms. The number of nitrogens with zero attached hydrogens (tertiary/aromatic N) is 2. The van der Waals surface area contributed by atoms with Crippen molar-refractivity contribution in [3.05, 3.63) is 39.8 Å². The van der Waals surface area contributed by atoms with Gasteiger partial charge in [0.25, 0.3) is 0 Å². The van der Waals surface area contributed by atoms with Gasteiger partial charge < -0.3 is 14.6 Å². The lowest BCUT2D eigenvalue weighted by Gasteiger charge is -2.16. The molecule has 24 heavy (non-hydrogen) atoms. The molecule has 2 aromatic rings. The Morgan fingerprint density at radius 2 is 2.21 bits per heavy atom. The van der Waals surface area contributed by atoms with E-state index in [-0.39, 0.29) is 12.7 Å². The fraction of sp³-hybridized carbons (Fsp3) is 0.412. The maximum atomic E-state index is 11.7. The van der Waals surface area contributed by atoms with Crippen molar-refractivity contribution in [3.8, 4) is 11.5 Å². The highest BCUT2D eigenvalue weighted by Crippen LogP contribution is 2.39. The van der Waals surface area contributed by atoms with Crippen LogP contribution in [-0.2, 0) is 11.3 Å². The molecule has 1 saturated heterocycles. The Kier molecular flexibility index (Phi) is 3.90. The lowest BCUT2D eigenvalue weighted by Crippen LogP contribution is -2.23. The fourth-order valence-electron chi connectivity index (χ4n) is 3.43. The van der Waals surface area contributed by atoms with Crippen molar-refractivity contribution in [1.82, 2.24) is 9.88 Å². The summed E-state index contributed by atoms with van der Waals surface area (Å²) in [5.74, 6) is 0.208. The molecule has 4 rings (SSSR count). The van der Waals surface area contributed by atoms with E-state index in [2.05, 4.69) is 9.88 Å². The number of hydrogen-bond acceptors (Lipinski definition) is 6. The van der Waals surface area contributed by atoms with E-state index in [1.807, 2.05) is 30.6 Å². The van der Waals surface area contributed by atoms with Gasteiger partial charge in [0.05, 0.1) is 17.1 Å². The second-order valence-electron chi connectivity index (χ2n) is 6.22. The van der Waals surface area contributed by atoms with Gasteiger partial charge in [-0.15, -0.1) is 11.3 Å². The highest BCUT2D eigenvalue weighted by atomic mass is 32.1. The molecular weight excluding hydrogens is 328 g/mol. The van der Waals surface area contributed by atoms with Gasteiger partial charge in [-0.05, 0) is 24.6 Å². The van der Waals surface area contributed by atoms with Crippen molar-refractivity contribution in [2.75, 3.05) is 19.9 Å². The van der Waals surface area contributed by atoms with Crippen molar-refractivity contribution in [1.29, 1.82) is 0 Å².